The predicted octanol–water partition coefficient (Wildman–Crippen LogP) is 2.08. The van der Waals surface area contributed by atoms with Crippen LogP contribution in [0, 0.1) is 5.92 Å². The minimum Gasteiger partial charge on any atom is -0.480 e. The molecule has 0 heterocycles. The van der Waals surface area contributed by atoms with Gasteiger partial charge in [-0.15, -0.1) is 0 Å². The lowest BCUT2D eigenvalue weighted by Crippen LogP contribution is -2.27. The molecule has 1 N–H and O–H groups in total. The summed E-state index contributed by atoms with van der Waals surface area (Å²) in [5, 5.41) is 8.41. The molecule has 0 aliphatic heterocycles. The van der Waals surface area contributed by atoms with Crippen molar-refractivity contribution in [2.24, 2.45) is 5.92 Å². The molecule has 0 aliphatic carbocycles. The maximum absolute atomic E-state index is 10.2. The van der Waals surface area contributed by atoms with Gasteiger partial charge in [-0.05, 0) is 25.9 Å². The van der Waals surface area contributed by atoms with E-state index in [0.717, 1.165) is 13.0 Å². The van der Waals surface area contributed by atoms with Crippen molar-refractivity contribution < 1.29 is 9.90 Å². The van der Waals surface area contributed by atoms with Crippen LogP contribution in [0.25, 0.3) is 0 Å². The van der Waals surface area contributed by atoms with Gasteiger partial charge in [0.1, 0.15) is 0 Å². The standard InChI is InChI=1S/C8H17NO2.C2H6/c1-7(2)4-5-9(3)6-8(10)11;1-2/h7H,4-6H2,1-3H3,(H,10,11);1-2H3. The van der Waals surface area contributed by atoms with Crippen molar-refractivity contribution in [1.82, 2.24) is 4.90 Å². The van der Waals surface area contributed by atoms with Crippen LogP contribution in [0.15, 0.2) is 0 Å². The van der Waals surface area contributed by atoms with Crippen molar-refractivity contribution >= 4 is 5.97 Å². The average molecular weight is 189 g/mol. The highest BCUT2D eigenvalue weighted by molar-refractivity contribution is 5.68. The molecule has 3 nitrogen and oxygen atoms in total. The number of carboxylic acids is 1. The summed E-state index contributed by atoms with van der Waals surface area (Å²) in [6.07, 6.45) is 1.06. The molecule has 0 radical (unpaired) electrons. The van der Waals surface area contributed by atoms with Crippen LogP contribution >= 0.6 is 0 Å². The molecule has 13 heavy (non-hydrogen) atoms. The number of likely N-dealkylation sites (N-methyl/N-ethyl adjacent to an activating group) is 1. The van der Waals surface area contributed by atoms with Crippen LogP contribution in [0.3, 0.4) is 0 Å². The van der Waals surface area contributed by atoms with Crippen molar-refractivity contribution in [1.29, 1.82) is 0 Å². The first-order chi connectivity index (χ1) is 6.02. The molecule has 0 amide bonds. The zero-order valence-electron chi connectivity index (χ0n) is 9.50. The number of rotatable bonds is 5. The topological polar surface area (TPSA) is 40.5 Å². The quantitative estimate of drug-likeness (QED) is 0.719. The molecule has 0 fully saturated rings. The second kappa shape index (κ2) is 9.52. The maximum Gasteiger partial charge on any atom is 0.317 e. The zero-order chi connectivity index (χ0) is 10.9. The van der Waals surface area contributed by atoms with Gasteiger partial charge >= 0.3 is 5.97 Å². The van der Waals surface area contributed by atoms with E-state index in [1.54, 1.807) is 0 Å². The Morgan fingerprint density at radius 1 is 1.38 bits per heavy atom. The summed E-state index contributed by atoms with van der Waals surface area (Å²) in [5.41, 5.74) is 0. The van der Waals surface area contributed by atoms with Gasteiger partial charge in [-0.1, -0.05) is 27.7 Å². The van der Waals surface area contributed by atoms with E-state index in [2.05, 4.69) is 13.8 Å². The molecule has 0 aromatic rings. The maximum atomic E-state index is 10.2. The fraction of sp³-hybridized carbons (Fsp3) is 0.900. The highest BCUT2D eigenvalue weighted by Gasteiger charge is 2.03. The highest BCUT2D eigenvalue weighted by Crippen LogP contribution is 1.99. The van der Waals surface area contributed by atoms with Crippen LogP contribution < -0.4 is 0 Å². The van der Waals surface area contributed by atoms with Crippen LogP contribution in [0.4, 0.5) is 0 Å². The lowest BCUT2D eigenvalue weighted by Gasteiger charge is -2.14. The van der Waals surface area contributed by atoms with Gasteiger partial charge in [-0.2, -0.15) is 0 Å². The van der Waals surface area contributed by atoms with Gasteiger partial charge in [0.15, 0.2) is 0 Å². The number of carbonyl (C=O) groups is 1. The van der Waals surface area contributed by atoms with E-state index >= 15 is 0 Å². The summed E-state index contributed by atoms with van der Waals surface area (Å²) in [6.45, 7) is 9.28. The van der Waals surface area contributed by atoms with Crippen molar-refractivity contribution in [3.8, 4) is 0 Å². The van der Waals surface area contributed by atoms with Crippen LogP contribution in [-0.2, 0) is 4.79 Å². The third-order valence-corrected chi connectivity index (χ3v) is 1.49. The van der Waals surface area contributed by atoms with E-state index in [1.165, 1.54) is 0 Å². The van der Waals surface area contributed by atoms with Crippen molar-refractivity contribution in [2.45, 2.75) is 34.1 Å². The summed E-state index contributed by atoms with van der Waals surface area (Å²) < 4.78 is 0. The Morgan fingerprint density at radius 2 is 1.85 bits per heavy atom. The van der Waals surface area contributed by atoms with E-state index < -0.39 is 5.97 Å². The Bertz CT molecular complexity index is 124. The molecule has 0 spiro atoms. The Balaban J connectivity index is 0. The number of aliphatic carboxylic acids is 1. The Kier molecular flexibility index (Phi) is 10.9. The van der Waals surface area contributed by atoms with E-state index in [9.17, 15) is 4.79 Å². The van der Waals surface area contributed by atoms with Crippen molar-refractivity contribution in [3.05, 3.63) is 0 Å². The van der Waals surface area contributed by atoms with Crippen molar-refractivity contribution in [3.63, 3.8) is 0 Å². The van der Waals surface area contributed by atoms with Gasteiger partial charge < -0.3 is 5.11 Å². The molecule has 3 heteroatoms. The third kappa shape index (κ3) is 14.3. The molecular weight excluding hydrogens is 166 g/mol. The Morgan fingerprint density at radius 3 is 2.15 bits per heavy atom. The van der Waals surface area contributed by atoms with Gasteiger partial charge in [-0.3, -0.25) is 9.69 Å². The first-order valence-corrected chi connectivity index (χ1v) is 4.92. The second-order valence-electron chi connectivity index (χ2n) is 3.31. The summed E-state index contributed by atoms with van der Waals surface area (Å²) in [4.78, 5) is 12.0. The smallest absolute Gasteiger partial charge is 0.317 e. The Hall–Kier alpha value is -0.570. The molecule has 0 aliphatic rings. The lowest BCUT2D eigenvalue weighted by molar-refractivity contribution is -0.138. The summed E-state index contributed by atoms with van der Waals surface area (Å²) in [6, 6.07) is 0. The molecule has 0 unspecified atom stereocenters. The molecule has 0 rings (SSSR count). The van der Waals surface area contributed by atoms with E-state index in [-0.39, 0.29) is 6.54 Å². The minimum atomic E-state index is -0.753. The first kappa shape index (κ1) is 14.9. The summed E-state index contributed by atoms with van der Waals surface area (Å²) in [5.74, 6) is -0.109. The van der Waals surface area contributed by atoms with E-state index in [0.29, 0.717) is 5.92 Å². The molecule has 0 saturated heterocycles. The molecule has 0 bridgehead atoms. The van der Waals surface area contributed by atoms with Gasteiger partial charge in [0.05, 0.1) is 6.54 Å². The van der Waals surface area contributed by atoms with Crippen LogP contribution in [0.2, 0.25) is 0 Å². The summed E-state index contributed by atoms with van der Waals surface area (Å²) >= 11 is 0. The Labute approximate surface area is 81.7 Å². The number of carboxylic acid groups (broad SMARTS) is 1. The van der Waals surface area contributed by atoms with E-state index in [1.807, 2.05) is 25.8 Å². The van der Waals surface area contributed by atoms with E-state index in [4.69, 9.17) is 5.11 Å². The highest BCUT2D eigenvalue weighted by atomic mass is 16.4. The number of hydrogen-bond donors (Lipinski definition) is 1. The van der Waals surface area contributed by atoms with Gasteiger partial charge in [-0.25, -0.2) is 0 Å². The third-order valence-electron chi connectivity index (χ3n) is 1.49. The van der Waals surface area contributed by atoms with Gasteiger partial charge in [0, 0.05) is 0 Å². The number of hydrogen-bond acceptors (Lipinski definition) is 2. The predicted molar refractivity (Wildman–Crippen MR) is 55.9 cm³/mol. The molecule has 0 saturated carbocycles. The van der Waals surface area contributed by atoms with Crippen LogP contribution in [0.1, 0.15) is 34.1 Å². The second-order valence-corrected chi connectivity index (χ2v) is 3.31. The monoisotopic (exact) mass is 189 g/mol. The van der Waals surface area contributed by atoms with Crippen molar-refractivity contribution in [2.75, 3.05) is 20.1 Å². The SMILES string of the molecule is CC.CC(C)CCN(C)CC(=O)O. The fourth-order valence-electron chi connectivity index (χ4n) is 0.789. The largest absolute Gasteiger partial charge is 0.480 e. The molecule has 80 valence electrons. The molecule has 0 aromatic heterocycles. The molecule has 0 atom stereocenters. The van der Waals surface area contributed by atoms with Crippen LogP contribution in [-0.4, -0.2) is 36.1 Å². The minimum absolute atomic E-state index is 0.146. The van der Waals surface area contributed by atoms with Crippen LogP contribution in [0.5, 0.6) is 0 Å². The number of nitrogens with zero attached hydrogens (tertiary/aromatic N) is 1. The zero-order valence-corrected chi connectivity index (χ0v) is 9.50. The lowest BCUT2D eigenvalue weighted by atomic mass is 10.1. The first-order valence-electron chi connectivity index (χ1n) is 4.92. The molecular formula is C10H23NO2. The average Bonchev–Trinajstić information content (AvgIpc) is 2.03. The fourth-order valence-corrected chi connectivity index (χ4v) is 0.789. The van der Waals surface area contributed by atoms with Gasteiger partial charge in [0.2, 0.25) is 0 Å². The normalized spacial score (nSPS) is 9.77. The summed E-state index contributed by atoms with van der Waals surface area (Å²) in [7, 11) is 1.83. The van der Waals surface area contributed by atoms with Gasteiger partial charge in [0.25, 0.3) is 0 Å². The molecule has 0 aromatic carbocycles.